The van der Waals surface area contributed by atoms with Gasteiger partial charge in [-0.3, -0.25) is 14.4 Å². The predicted octanol–water partition coefficient (Wildman–Crippen LogP) is 14.2. The molecule has 1 rings (SSSR count). The molecule has 0 radical (unpaired) electrons. The van der Waals surface area contributed by atoms with Crippen LogP contribution in [0.4, 0.5) is 0 Å². The molecular formula is C59H102O12. The van der Waals surface area contributed by atoms with Crippen LogP contribution in [0.25, 0.3) is 0 Å². The van der Waals surface area contributed by atoms with Gasteiger partial charge in [-0.15, -0.1) is 0 Å². The van der Waals surface area contributed by atoms with Crippen LogP contribution in [0.2, 0.25) is 0 Å². The van der Waals surface area contributed by atoms with Gasteiger partial charge in [0.25, 0.3) is 0 Å². The topological polar surface area (TPSA) is 175 Å². The number of carbonyl (C=O) groups excluding carboxylic acids is 3. The summed E-state index contributed by atoms with van der Waals surface area (Å²) in [5, 5.41) is 31.4. The van der Waals surface area contributed by atoms with E-state index in [1.807, 2.05) is 0 Å². The largest absolute Gasteiger partial charge is 0.479 e. The summed E-state index contributed by atoms with van der Waals surface area (Å²) in [6.07, 6.45) is 43.7. The summed E-state index contributed by atoms with van der Waals surface area (Å²) in [4.78, 5) is 51.0. The van der Waals surface area contributed by atoms with Crippen molar-refractivity contribution in [3.8, 4) is 0 Å². The lowest BCUT2D eigenvalue weighted by molar-refractivity contribution is -0.301. The molecule has 0 aliphatic carbocycles. The first-order chi connectivity index (χ1) is 34.6. The number of rotatable bonds is 48. The van der Waals surface area contributed by atoms with E-state index in [1.165, 1.54) is 83.5 Å². The number of carboxylic acid groups (broad SMARTS) is 1. The molecule has 3 N–H and O–H groups in total. The van der Waals surface area contributed by atoms with Crippen molar-refractivity contribution >= 4 is 23.9 Å². The van der Waals surface area contributed by atoms with Crippen molar-refractivity contribution in [1.82, 2.24) is 0 Å². The summed E-state index contributed by atoms with van der Waals surface area (Å²) in [6, 6.07) is 0. The number of esters is 3. The number of hydrogen-bond acceptors (Lipinski definition) is 11. The van der Waals surface area contributed by atoms with E-state index in [0.29, 0.717) is 19.3 Å². The fraction of sp³-hybridized carbons (Fsp3) is 0.797. The number of aliphatic carboxylic acids is 1. The highest BCUT2D eigenvalue weighted by Crippen LogP contribution is 2.26. The normalized spacial score (nSPS) is 18.8. The predicted molar refractivity (Wildman–Crippen MR) is 285 cm³/mol. The van der Waals surface area contributed by atoms with E-state index in [9.17, 15) is 34.5 Å². The second-order valence-corrected chi connectivity index (χ2v) is 19.5. The first-order valence-corrected chi connectivity index (χ1v) is 28.6. The molecule has 1 saturated heterocycles. The van der Waals surface area contributed by atoms with Crippen LogP contribution in [0.15, 0.2) is 48.6 Å². The Balaban J connectivity index is 2.69. The van der Waals surface area contributed by atoms with Gasteiger partial charge in [0.05, 0.1) is 6.61 Å². The fourth-order valence-corrected chi connectivity index (χ4v) is 8.48. The van der Waals surface area contributed by atoms with Crippen molar-refractivity contribution in [2.45, 2.75) is 289 Å². The summed E-state index contributed by atoms with van der Waals surface area (Å²) in [5.41, 5.74) is 0. The summed E-state index contributed by atoms with van der Waals surface area (Å²) >= 11 is 0. The van der Waals surface area contributed by atoms with Gasteiger partial charge < -0.3 is 39.0 Å². The van der Waals surface area contributed by atoms with E-state index in [2.05, 4.69) is 69.4 Å². The maximum Gasteiger partial charge on any atom is 0.335 e. The fourth-order valence-electron chi connectivity index (χ4n) is 8.48. The molecule has 0 spiro atoms. The second kappa shape index (κ2) is 47.7. The van der Waals surface area contributed by atoms with Gasteiger partial charge in [-0.05, 0) is 70.6 Å². The zero-order chi connectivity index (χ0) is 51.8. The van der Waals surface area contributed by atoms with Crippen molar-refractivity contribution in [2.24, 2.45) is 0 Å². The van der Waals surface area contributed by atoms with Crippen molar-refractivity contribution in [3.63, 3.8) is 0 Å². The molecule has 6 atom stereocenters. The number of carbonyl (C=O) groups is 4. The van der Waals surface area contributed by atoms with Crippen molar-refractivity contribution in [1.29, 1.82) is 0 Å². The Hall–Kier alpha value is -3.32. The van der Waals surface area contributed by atoms with Crippen LogP contribution in [0, 0.1) is 0 Å². The van der Waals surface area contributed by atoms with Crippen molar-refractivity contribution in [2.75, 3.05) is 13.2 Å². The van der Waals surface area contributed by atoms with Gasteiger partial charge in [-0.2, -0.15) is 0 Å². The molecule has 71 heavy (non-hydrogen) atoms. The summed E-state index contributed by atoms with van der Waals surface area (Å²) < 4.78 is 28.4. The van der Waals surface area contributed by atoms with Crippen LogP contribution in [-0.4, -0.2) is 89.2 Å². The average molecular weight is 1000 g/mol. The third-order valence-electron chi connectivity index (χ3n) is 12.9. The van der Waals surface area contributed by atoms with Crippen LogP contribution < -0.4 is 0 Å². The molecular weight excluding hydrogens is 901 g/mol. The number of aliphatic hydroxyl groups is 2. The molecule has 1 heterocycles. The van der Waals surface area contributed by atoms with E-state index < -0.39 is 67.3 Å². The molecule has 6 unspecified atom stereocenters. The molecule has 1 aliphatic heterocycles. The zero-order valence-electron chi connectivity index (χ0n) is 45.0. The lowest BCUT2D eigenvalue weighted by Crippen LogP contribution is -2.61. The van der Waals surface area contributed by atoms with Gasteiger partial charge >= 0.3 is 23.9 Å². The number of carboxylic acids is 1. The van der Waals surface area contributed by atoms with E-state index in [4.69, 9.17) is 23.7 Å². The number of hydrogen-bond donors (Lipinski definition) is 3. The number of unbranched alkanes of at least 4 members (excludes halogenated alkanes) is 26. The maximum absolute atomic E-state index is 13.1. The van der Waals surface area contributed by atoms with E-state index >= 15 is 0 Å². The highest BCUT2D eigenvalue weighted by molar-refractivity contribution is 5.74. The Morgan fingerprint density at radius 3 is 1.41 bits per heavy atom. The van der Waals surface area contributed by atoms with Crippen LogP contribution in [0.1, 0.15) is 252 Å². The van der Waals surface area contributed by atoms with E-state index in [0.717, 1.165) is 109 Å². The van der Waals surface area contributed by atoms with Crippen molar-refractivity contribution in [3.05, 3.63) is 48.6 Å². The summed E-state index contributed by atoms with van der Waals surface area (Å²) in [5.74, 6) is -3.14. The second-order valence-electron chi connectivity index (χ2n) is 19.5. The quantitative estimate of drug-likeness (QED) is 0.0228. The Morgan fingerprint density at radius 2 is 0.901 bits per heavy atom. The third kappa shape index (κ3) is 38.0. The standard InChI is InChI=1S/C59H102O12/c1-4-7-10-13-16-19-22-24-26-28-31-33-36-39-42-45-51(60)67-48-50(69-52(61)46-43-40-37-34-30-21-18-15-12-9-6-3)49-68-59-57(55(64)54(63)56(71-59)58(65)66)70-53(62)47-44-41-38-35-32-29-27-25-23-20-17-14-11-8-5-2/h8,11,15,17-18,20,25,27,50,54-57,59,63-64H,4-7,9-10,12-14,16,19,21-24,26,28-49H2,1-3H3,(H,65,66)/b11-8-,18-15-,20-17-,27-25-. The molecule has 0 amide bonds. The lowest BCUT2D eigenvalue weighted by atomic mass is 9.98. The Kier molecular flexibility index (Phi) is 44.1. The molecule has 12 heteroatoms. The minimum Gasteiger partial charge on any atom is -0.479 e. The molecule has 12 nitrogen and oxygen atoms in total. The van der Waals surface area contributed by atoms with E-state index in [1.54, 1.807) is 0 Å². The SMILES string of the molecule is CC/C=C\C/C=C\C/C=C\CCCCCCCC(=O)OC1C(OCC(COC(=O)CCCCCCCCCCCCCCCCC)OC(=O)CCCCCCC/C=C\CCCC)OC(C(=O)O)C(O)C1O. The molecule has 0 aromatic heterocycles. The van der Waals surface area contributed by atoms with E-state index in [-0.39, 0.29) is 25.9 Å². The molecule has 0 aromatic rings. The van der Waals surface area contributed by atoms with Gasteiger partial charge in [0.1, 0.15) is 18.8 Å². The number of ether oxygens (including phenoxy) is 5. The monoisotopic (exact) mass is 1000 g/mol. The van der Waals surface area contributed by atoms with Gasteiger partial charge in [0, 0.05) is 19.3 Å². The first-order valence-electron chi connectivity index (χ1n) is 28.6. The van der Waals surface area contributed by atoms with Gasteiger partial charge in [0.2, 0.25) is 0 Å². The highest BCUT2D eigenvalue weighted by atomic mass is 16.7. The number of allylic oxidation sites excluding steroid dienone is 8. The summed E-state index contributed by atoms with van der Waals surface area (Å²) in [6.45, 7) is 5.83. The van der Waals surface area contributed by atoms with Gasteiger partial charge in [0.15, 0.2) is 24.6 Å². The number of aliphatic hydroxyl groups excluding tert-OH is 2. The lowest BCUT2D eigenvalue weighted by Gasteiger charge is -2.40. The minimum absolute atomic E-state index is 0.0414. The molecule has 1 aliphatic rings. The highest BCUT2D eigenvalue weighted by Gasteiger charge is 2.50. The van der Waals surface area contributed by atoms with Crippen LogP contribution in [0.5, 0.6) is 0 Å². The van der Waals surface area contributed by atoms with Gasteiger partial charge in [-0.1, -0.05) is 211 Å². The molecule has 0 bridgehead atoms. The summed E-state index contributed by atoms with van der Waals surface area (Å²) in [7, 11) is 0. The molecule has 0 aromatic carbocycles. The Labute approximate surface area is 431 Å². The Bertz CT molecular complexity index is 1420. The molecule has 410 valence electrons. The Morgan fingerprint density at radius 1 is 0.479 bits per heavy atom. The first kappa shape index (κ1) is 65.7. The van der Waals surface area contributed by atoms with Crippen LogP contribution in [0.3, 0.4) is 0 Å². The van der Waals surface area contributed by atoms with Crippen LogP contribution in [-0.2, 0) is 42.9 Å². The molecule has 0 saturated carbocycles. The van der Waals surface area contributed by atoms with Gasteiger partial charge in [-0.25, -0.2) is 4.79 Å². The maximum atomic E-state index is 13.1. The van der Waals surface area contributed by atoms with Crippen LogP contribution >= 0.6 is 0 Å². The average Bonchev–Trinajstić information content (AvgIpc) is 3.35. The zero-order valence-corrected chi connectivity index (χ0v) is 45.0. The third-order valence-corrected chi connectivity index (χ3v) is 12.9. The molecule has 1 fully saturated rings. The minimum atomic E-state index is -1.91. The smallest absolute Gasteiger partial charge is 0.335 e. The van der Waals surface area contributed by atoms with Crippen molar-refractivity contribution < 1.29 is 58.2 Å².